The summed E-state index contributed by atoms with van der Waals surface area (Å²) in [4.78, 5) is 2.61. The molecule has 2 rings (SSSR count). The Labute approximate surface area is 94.1 Å². The van der Waals surface area contributed by atoms with Crippen LogP contribution in [0.4, 0.5) is 5.69 Å². The highest BCUT2D eigenvalue weighted by atomic mass is 28.3. The number of nitrogens with zero attached hydrogens (tertiary/aromatic N) is 1. The second-order valence-electron chi connectivity index (χ2n) is 5.30. The van der Waals surface area contributed by atoms with Crippen LogP contribution in [0.5, 0.6) is 0 Å². The number of anilines is 1. The van der Waals surface area contributed by atoms with Crippen molar-refractivity contribution in [3.05, 3.63) is 30.3 Å². The van der Waals surface area contributed by atoms with E-state index in [1.165, 1.54) is 24.7 Å². The van der Waals surface area contributed by atoms with E-state index in [1.54, 1.807) is 0 Å². The molecule has 15 heavy (non-hydrogen) atoms. The molecule has 2 heteroatoms. The van der Waals surface area contributed by atoms with Crippen molar-refractivity contribution in [3.63, 3.8) is 0 Å². The van der Waals surface area contributed by atoms with Gasteiger partial charge in [-0.15, -0.1) is 0 Å². The molecule has 1 heterocycles. The smallest absolute Gasteiger partial charge is 0.0732 e. The molecule has 1 aliphatic rings. The van der Waals surface area contributed by atoms with Gasteiger partial charge in [0.2, 0.25) is 0 Å². The molecule has 1 atom stereocenters. The van der Waals surface area contributed by atoms with Crippen LogP contribution in [0.25, 0.3) is 0 Å². The lowest BCUT2D eigenvalue weighted by Crippen LogP contribution is -2.55. The summed E-state index contributed by atoms with van der Waals surface area (Å²) < 4.78 is 0. The molecule has 0 aliphatic carbocycles. The summed E-state index contributed by atoms with van der Waals surface area (Å²) in [6, 6.07) is 12.4. The van der Waals surface area contributed by atoms with Crippen molar-refractivity contribution in [2.45, 2.75) is 38.1 Å². The van der Waals surface area contributed by atoms with Gasteiger partial charge in [0.15, 0.2) is 0 Å². The van der Waals surface area contributed by atoms with Crippen molar-refractivity contribution in [1.29, 1.82) is 0 Å². The van der Waals surface area contributed by atoms with Gasteiger partial charge in [-0.3, -0.25) is 0 Å². The van der Waals surface area contributed by atoms with E-state index < -0.39 is 8.07 Å². The summed E-state index contributed by atoms with van der Waals surface area (Å²) in [6.07, 6.45) is 1.37. The number of hydrogen-bond donors (Lipinski definition) is 0. The quantitative estimate of drug-likeness (QED) is 0.653. The Kier molecular flexibility index (Phi) is 2.87. The predicted molar refractivity (Wildman–Crippen MR) is 70.2 cm³/mol. The standard InChI is InChI=1S/C13H21NSi/c1-12-14(10-7-11-15(12,2)3)13-8-5-4-6-9-13/h4-6,8-9,12H,7,10-11H2,1-3H3. The molecular formula is C13H21NSi. The van der Waals surface area contributed by atoms with Gasteiger partial charge in [-0.2, -0.15) is 0 Å². The highest BCUT2D eigenvalue weighted by Crippen LogP contribution is 2.30. The van der Waals surface area contributed by atoms with E-state index in [-0.39, 0.29) is 0 Å². The Morgan fingerprint density at radius 2 is 1.87 bits per heavy atom. The first-order valence-corrected chi connectivity index (χ1v) is 9.21. The maximum absolute atomic E-state index is 2.61. The average molecular weight is 219 g/mol. The van der Waals surface area contributed by atoms with Crippen LogP contribution >= 0.6 is 0 Å². The Bertz CT molecular complexity index is 321. The number of para-hydroxylation sites is 1. The van der Waals surface area contributed by atoms with Gasteiger partial charge in [0.1, 0.15) is 0 Å². The molecule has 1 fully saturated rings. The highest BCUT2D eigenvalue weighted by Gasteiger charge is 2.35. The summed E-state index contributed by atoms with van der Waals surface area (Å²) in [5.74, 6) is 0. The third-order valence-corrected chi connectivity index (χ3v) is 8.12. The van der Waals surface area contributed by atoms with Crippen molar-refractivity contribution in [3.8, 4) is 0 Å². The molecule has 1 aromatic carbocycles. The molecule has 0 amide bonds. The van der Waals surface area contributed by atoms with E-state index in [1.807, 2.05) is 0 Å². The third kappa shape index (κ3) is 2.10. The molecule has 0 radical (unpaired) electrons. The van der Waals surface area contributed by atoms with Crippen LogP contribution < -0.4 is 4.90 Å². The van der Waals surface area contributed by atoms with Crippen molar-refractivity contribution in [1.82, 2.24) is 0 Å². The van der Waals surface area contributed by atoms with Gasteiger partial charge in [0.25, 0.3) is 0 Å². The minimum absolute atomic E-state index is 0.772. The highest BCUT2D eigenvalue weighted by molar-refractivity contribution is 6.79. The molecule has 0 N–H and O–H groups in total. The molecule has 1 unspecified atom stereocenters. The number of benzene rings is 1. The molecule has 1 nitrogen and oxygen atoms in total. The van der Waals surface area contributed by atoms with Gasteiger partial charge in [0.05, 0.1) is 8.07 Å². The third-order valence-electron chi connectivity index (χ3n) is 3.91. The van der Waals surface area contributed by atoms with E-state index in [2.05, 4.69) is 55.2 Å². The molecule has 82 valence electrons. The van der Waals surface area contributed by atoms with E-state index >= 15 is 0 Å². The van der Waals surface area contributed by atoms with Gasteiger partial charge in [-0.25, -0.2) is 0 Å². The van der Waals surface area contributed by atoms with Gasteiger partial charge >= 0.3 is 0 Å². The molecule has 1 aliphatic heterocycles. The van der Waals surface area contributed by atoms with Crippen LogP contribution in [0.15, 0.2) is 30.3 Å². The van der Waals surface area contributed by atoms with Gasteiger partial charge < -0.3 is 4.90 Å². The monoisotopic (exact) mass is 219 g/mol. The van der Waals surface area contributed by atoms with Crippen molar-refractivity contribution in [2.75, 3.05) is 11.4 Å². The zero-order chi connectivity index (χ0) is 10.9. The Hall–Kier alpha value is -0.763. The molecular weight excluding hydrogens is 198 g/mol. The maximum atomic E-state index is 2.61. The summed E-state index contributed by atoms with van der Waals surface area (Å²) >= 11 is 0. The molecule has 1 saturated heterocycles. The first kappa shape index (κ1) is 10.7. The van der Waals surface area contributed by atoms with E-state index in [4.69, 9.17) is 0 Å². The lowest BCUT2D eigenvalue weighted by atomic mass is 10.2. The predicted octanol–water partition coefficient (Wildman–Crippen LogP) is 3.53. The second kappa shape index (κ2) is 4.01. The van der Waals surface area contributed by atoms with Gasteiger partial charge in [-0.05, 0) is 25.5 Å². The lowest BCUT2D eigenvalue weighted by molar-refractivity contribution is 0.685. The van der Waals surface area contributed by atoms with E-state index in [0.717, 1.165) is 5.67 Å². The normalized spacial score (nSPS) is 25.3. The Morgan fingerprint density at radius 1 is 1.20 bits per heavy atom. The molecule has 0 aromatic heterocycles. The minimum atomic E-state index is -1.01. The average Bonchev–Trinajstić information content (AvgIpc) is 2.23. The largest absolute Gasteiger partial charge is 0.372 e. The molecule has 0 spiro atoms. The zero-order valence-electron chi connectivity index (χ0n) is 10.0. The summed E-state index contributed by atoms with van der Waals surface area (Å²) in [5, 5.41) is 0. The topological polar surface area (TPSA) is 3.24 Å². The Morgan fingerprint density at radius 3 is 2.53 bits per heavy atom. The van der Waals surface area contributed by atoms with Crippen LogP contribution in [0, 0.1) is 0 Å². The Balaban J connectivity index is 2.23. The summed E-state index contributed by atoms with van der Waals surface area (Å²) in [7, 11) is -1.01. The fraction of sp³-hybridized carbons (Fsp3) is 0.538. The maximum Gasteiger partial charge on any atom is 0.0732 e. The SMILES string of the molecule is CC1N(c2ccccc2)CCC[Si]1(C)C. The van der Waals surface area contributed by atoms with E-state index in [0.29, 0.717) is 0 Å². The molecule has 0 saturated carbocycles. The fourth-order valence-electron chi connectivity index (χ4n) is 2.50. The van der Waals surface area contributed by atoms with Gasteiger partial charge in [-0.1, -0.05) is 37.3 Å². The zero-order valence-corrected chi connectivity index (χ0v) is 11.0. The van der Waals surface area contributed by atoms with Crippen LogP contribution in [-0.2, 0) is 0 Å². The van der Waals surface area contributed by atoms with Crippen LogP contribution in [0.3, 0.4) is 0 Å². The van der Waals surface area contributed by atoms with Crippen LogP contribution in [0.1, 0.15) is 13.3 Å². The number of hydrogen-bond acceptors (Lipinski definition) is 1. The van der Waals surface area contributed by atoms with Crippen molar-refractivity contribution in [2.24, 2.45) is 0 Å². The second-order valence-corrected chi connectivity index (χ2v) is 10.6. The van der Waals surface area contributed by atoms with Crippen LogP contribution in [-0.4, -0.2) is 20.3 Å². The summed E-state index contributed by atoms with van der Waals surface area (Å²) in [6.45, 7) is 8.69. The van der Waals surface area contributed by atoms with E-state index in [9.17, 15) is 0 Å². The van der Waals surface area contributed by atoms with Crippen molar-refractivity contribution >= 4 is 13.8 Å². The first-order chi connectivity index (χ1) is 7.11. The lowest BCUT2D eigenvalue weighted by Gasteiger charge is -2.45. The molecule has 1 aromatic rings. The van der Waals surface area contributed by atoms with Crippen molar-refractivity contribution < 1.29 is 0 Å². The fourth-order valence-corrected chi connectivity index (χ4v) is 5.11. The summed E-state index contributed by atoms with van der Waals surface area (Å²) in [5.41, 5.74) is 2.18. The first-order valence-electron chi connectivity index (χ1n) is 5.93. The minimum Gasteiger partial charge on any atom is -0.372 e. The van der Waals surface area contributed by atoms with Gasteiger partial charge in [0, 0.05) is 17.9 Å². The number of rotatable bonds is 1. The van der Waals surface area contributed by atoms with Crippen LogP contribution in [0.2, 0.25) is 19.1 Å². The molecule has 0 bridgehead atoms.